The van der Waals surface area contributed by atoms with Gasteiger partial charge in [-0.05, 0) is 63.1 Å². The zero-order chi connectivity index (χ0) is 17.9. The molecule has 6 nitrogen and oxygen atoms in total. The summed E-state index contributed by atoms with van der Waals surface area (Å²) in [5, 5.41) is 3.47. The van der Waals surface area contributed by atoms with Gasteiger partial charge in [-0.3, -0.25) is 4.98 Å². The highest BCUT2D eigenvalue weighted by atomic mass is 15.3. The molecule has 0 bridgehead atoms. The van der Waals surface area contributed by atoms with E-state index in [2.05, 4.69) is 32.3 Å². The first-order chi connectivity index (χ1) is 12.7. The van der Waals surface area contributed by atoms with Crippen molar-refractivity contribution in [3.8, 4) is 0 Å². The first-order valence-corrected chi connectivity index (χ1v) is 9.74. The Morgan fingerprint density at radius 3 is 2.88 bits per heavy atom. The first-order valence-electron chi connectivity index (χ1n) is 9.74. The Labute approximate surface area is 155 Å². The number of aromatic nitrogens is 3. The van der Waals surface area contributed by atoms with E-state index < -0.39 is 0 Å². The molecule has 2 aromatic heterocycles. The van der Waals surface area contributed by atoms with Crippen LogP contribution in [0.1, 0.15) is 48.3 Å². The third-order valence-corrected chi connectivity index (χ3v) is 5.30. The molecule has 1 aliphatic heterocycles. The Kier molecular flexibility index (Phi) is 5.02. The van der Waals surface area contributed by atoms with Crippen LogP contribution in [0.2, 0.25) is 0 Å². The Morgan fingerprint density at radius 2 is 2.04 bits per heavy atom. The molecule has 2 aliphatic rings. The molecule has 1 unspecified atom stereocenters. The van der Waals surface area contributed by atoms with Gasteiger partial charge in [0, 0.05) is 30.5 Å². The lowest BCUT2D eigenvalue weighted by Crippen LogP contribution is -2.31. The number of piperidine rings is 1. The molecule has 0 spiro atoms. The average molecular weight is 352 g/mol. The number of nitrogens with zero attached hydrogens (tertiary/aromatic N) is 4. The molecule has 3 heterocycles. The van der Waals surface area contributed by atoms with Gasteiger partial charge in [0.25, 0.3) is 0 Å². The maximum Gasteiger partial charge on any atom is 0.225 e. The standard InChI is InChI=1S/C20H28N6/c1-14-9-18(25-20(24-14)26-7-3-2-4-8-26)13-22-17-11-15-10-16(21)5-6-19(15)23-12-17/h9,11-12,16,22H,2-8,10,13,21H2,1H3. The smallest absolute Gasteiger partial charge is 0.225 e. The SMILES string of the molecule is Cc1cc(CNc2cnc3c(c2)CC(N)CC3)nc(N2CCCCC2)n1. The van der Waals surface area contributed by atoms with E-state index in [0.717, 1.165) is 55.4 Å². The zero-order valence-electron chi connectivity index (χ0n) is 15.5. The summed E-state index contributed by atoms with van der Waals surface area (Å²) in [6, 6.07) is 4.51. The van der Waals surface area contributed by atoms with Gasteiger partial charge in [0.15, 0.2) is 0 Å². The second-order valence-electron chi connectivity index (χ2n) is 7.53. The quantitative estimate of drug-likeness (QED) is 0.880. The number of pyridine rings is 1. The number of hydrogen-bond acceptors (Lipinski definition) is 6. The first kappa shape index (κ1) is 17.2. The number of fused-ring (bicyclic) bond motifs is 1. The summed E-state index contributed by atoms with van der Waals surface area (Å²) >= 11 is 0. The molecular weight excluding hydrogens is 324 g/mol. The number of nitrogens with one attached hydrogen (secondary N) is 1. The maximum atomic E-state index is 6.10. The molecule has 2 aromatic rings. The van der Waals surface area contributed by atoms with E-state index in [9.17, 15) is 0 Å². The molecule has 138 valence electrons. The summed E-state index contributed by atoms with van der Waals surface area (Å²) in [5.74, 6) is 0.871. The highest BCUT2D eigenvalue weighted by Crippen LogP contribution is 2.22. The summed E-state index contributed by atoms with van der Waals surface area (Å²) in [6.45, 7) is 4.84. The van der Waals surface area contributed by atoms with Crippen molar-refractivity contribution in [2.75, 3.05) is 23.3 Å². The third-order valence-electron chi connectivity index (χ3n) is 5.30. The Balaban J connectivity index is 1.46. The fourth-order valence-electron chi connectivity index (χ4n) is 3.88. The molecular formula is C20H28N6. The van der Waals surface area contributed by atoms with Gasteiger partial charge in [0.05, 0.1) is 24.1 Å². The monoisotopic (exact) mass is 352 g/mol. The lowest BCUT2D eigenvalue weighted by atomic mass is 9.92. The van der Waals surface area contributed by atoms with Gasteiger partial charge in [-0.25, -0.2) is 9.97 Å². The number of hydrogen-bond donors (Lipinski definition) is 2. The van der Waals surface area contributed by atoms with Gasteiger partial charge in [-0.15, -0.1) is 0 Å². The van der Waals surface area contributed by atoms with Crippen molar-refractivity contribution in [3.05, 3.63) is 41.0 Å². The van der Waals surface area contributed by atoms with Gasteiger partial charge >= 0.3 is 0 Å². The lowest BCUT2D eigenvalue weighted by molar-refractivity contribution is 0.566. The highest BCUT2D eigenvalue weighted by Gasteiger charge is 2.17. The number of aryl methyl sites for hydroxylation is 2. The van der Waals surface area contributed by atoms with Crippen LogP contribution in [0, 0.1) is 6.92 Å². The second-order valence-corrected chi connectivity index (χ2v) is 7.53. The molecule has 1 fully saturated rings. The average Bonchev–Trinajstić information content (AvgIpc) is 2.66. The molecule has 3 N–H and O–H groups in total. The normalized spacial score (nSPS) is 19.9. The van der Waals surface area contributed by atoms with E-state index in [0.29, 0.717) is 6.54 Å². The topological polar surface area (TPSA) is 80.0 Å². The fraction of sp³-hybridized carbons (Fsp3) is 0.550. The molecule has 1 atom stereocenters. The van der Waals surface area contributed by atoms with Crippen molar-refractivity contribution in [1.82, 2.24) is 15.0 Å². The molecule has 1 saturated heterocycles. The minimum Gasteiger partial charge on any atom is -0.378 e. The van der Waals surface area contributed by atoms with E-state index in [1.807, 2.05) is 13.1 Å². The summed E-state index contributed by atoms with van der Waals surface area (Å²) in [6.07, 6.45) is 8.64. The van der Waals surface area contributed by atoms with Crippen LogP contribution in [0.25, 0.3) is 0 Å². The third kappa shape index (κ3) is 3.96. The van der Waals surface area contributed by atoms with Gasteiger partial charge < -0.3 is 16.0 Å². The molecule has 0 saturated carbocycles. The molecule has 26 heavy (non-hydrogen) atoms. The van der Waals surface area contributed by atoms with Crippen LogP contribution >= 0.6 is 0 Å². The maximum absolute atomic E-state index is 6.10. The van der Waals surface area contributed by atoms with E-state index in [4.69, 9.17) is 10.7 Å². The van der Waals surface area contributed by atoms with Crippen molar-refractivity contribution >= 4 is 11.6 Å². The van der Waals surface area contributed by atoms with Crippen LogP contribution in [-0.4, -0.2) is 34.1 Å². The van der Waals surface area contributed by atoms with Crippen molar-refractivity contribution < 1.29 is 0 Å². The summed E-state index contributed by atoms with van der Waals surface area (Å²) < 4.78 is 0. The molecule has 6 heteroatoms. The molecule has 4 rings (SSSR count). The highest BCUT2D eigenvalue weighted by molar-refractivity contribution is 5.46. The number of nitrogens with two attached hydrogens (primary N) is 1. The molecule has 0 aromatic carbocycles. The Hall–Kier alpha value is -2.21. The van der Waals surface area contributed by atoms with Crippen LogP contribution in [-0.2, 0) is 19.4 Å². The van der Waals surface area contributed by atoms with E-state index >= 15 is 0 Å². The summed E-state index contributed by atoms with van der Waals surface area (Å²) in [4.78, 5) is 16.3. The largest absolute Gasteiger partial charge is 0.378 e. The predicted molar refractivity (Wildman–Crippen MR) is 104 cm³/mol. The minimum atomic E-state index is 0.260. The van der Waals surface area contributed by atoms with Crippen LogP contribution in [0.15, 0.2) is 18.3 Å². The van der Waals surface area contributed by atoms with Crippen molar-refractivity contribution in [1.29, 1.82) is 0 Å². The molecule has 0 amide bonds. The van der Waals surface area contributed by atoms with Crippen molar-refractivity contribution in [2.45, 2.75) is 58.0 Å². The number of rotatable bonds is 4. The van der Waals surface area contributed by atoms with Gasteiger partial charge in [0.2, 0.25) is 5.95 Å². The van der Waals surface area contributed by atoms with Crippen LogP contribution in [0.3, 0.4) is 0 Å². The summed E-state index contributed by atoms with van der Waals surface area (Å²) in [5.41, 5.74) is 11.7. The van der Waals surface area contributed by atoms with Gasteiger partial charge in [-0.2, -0.15) is 0 Å². The van der Waals surface area contributed by atoms with Crippen LogP contribution < -0.4 is 16.0 Å². The fourth-order valence-corrected chi connectivity index (χ4v) is 3.88. The van der Waals surface area contributed by atoms with Gasteiger partial charge in [-0.1, -0.05) is 0 Å². The van der Waals surface area contributed by atoms with Crippen molar-refractivity contribution in [2.24, 2.45) is 5.73 Å². The van der Waals surface area contributed by atoms with E-state index in [1.165, 1.54) is 30.5 Å². The van der Waals surface area contributed by atoms with Crippen molar-refractivity contribution in [3.63, 3.8) is 0 Å². The van der Waals surface area contributed by atoms with Crippen LogP contribution in [0.4, 0.5) is 11.6 Å². The minimum absolute atomic E-state index is 0.260. The second kappa shape index (κ2) is 7.58. The Morgan fingerprint density at radius 1 is 1.19 bits per heavy atom. The van der Waals surface area contributed by atoms with E-state index in [-0.39, 0.29) is 6.04 Å². The molecule has 0 radical (unpaired) electrons. The van der Waals surface area contributed by atoms with E-state index in [1.54, 1.807) is 0 Å². The molecule has 1 aliphatic carbocycles. The predicted octanol–water partition coefficient (Wildman–Crippen LogP) is 2.60. The van der Waals surface area contributed by atoms with Crippen LogP contribution in [0.5, 0.6) is 0 Å². The summed E-state index contributed by atoms with van der Waals surface area (Å²) in [7, 11) is 0. The Bertz CT molecular complexity index is 769. The van der Waals surface area contributed by atoms with Gasteiger partial charge in [0.1, 0.15) is 0 Å². The number of anilines is 2. The lowest BCUT2D eigenvalue weighted by Gasteiger charge is -2.27. The zero-order valence-corrected chi connectivity index (χ0v) is 15.5.